The molecule has 0 unspecified atom stereocenters. The molecule has 0 heterocycles. The third-order valence-electron chi connectivity index (χ3n) is 4.08. The summed E-state index contributed by atoms with van der Waals surface area (Å²) in [7, 11) is 0. The van der Waals surface area contributed by atoms with Crippen molar-refractivity contribution in [2.45, 2.75) is 20.1 Å². The molecule has 0 N–H and O–H groups in total. The molecule has 0 saturated carbocycles. The van der Waals surface area contributed by atoms with Gasteiger partial charge >= 0.3 is 0 Å². The standard InChI is InChI=1S/C23H22O2/c1-3-21-14-22(24-16-19-10-6-4-7-11-19)15-23(18(21)2)25-17-20-12-8-5-9-13-20/h3-15H,1,16-17H2,2H3. The van der Waals surface area contributed by atoms with E-state index in [0.29, 0.717) is 13.2 Å². The van der Waals surface area contributed by atoms with Crippen LogP contribution in [0.15, 0.2) is 79.4 Å². The molecule has 0 fully saturated rings. The van der Waals surface area contributed by atoms with Gasteiger partial charge in [-0.3, -0.25) is 0 Å². The summed E-state index contributed by atoms with van der Waals surface area (Å²) in [6, 6.07) is 24.2. The second-order valence-electron chi connectivity index (χ2n) is 5.89. The topological polar surface area (TPSA) is 18.5 Å². The second kappa shape index (κ2) is 8.20. The average Bonchev–Trinajstić information content (AvgIpc) is 2.67. The van der Waals surface area contributed by atoms with Gasteiger partial charge in [0.25, 0.3) is 0 Å². The third kappa shape index (κ3) is 4.51. The van der Waals surface area contributed by atoms with Crippen LogP contribution in [0.5, 0.6) is 11.5 Å². The maximum atomic E-state index is 6.03. The van der Waals surface area contributed by atoms with Crippen molar-refractivity contribution in [2.75, 3.05) is 0 Å². The van der Waals surface area contributed by atoms with Gasteiger partial charge in [-0.05, 0) is 35.2 Å². The van der Waals surface area contributed by atoms with E-state index in [4.69, 9.17) is 9.47 Å². The van der Waals surface area contributed by atoms with Crippen molar-refractivity contribution in [1.29, 1.82) is 0 Å². The molecule has 126 valence electrons. The zero-order chi connectivity index (χ0) is 17.5. The molecule has 0 radical (unpaired) electrons. The van der Waals surface area contributed by atoms with Gasteiger partial charge in [0, 0.05) is 6.07 Å². The lowest BCUT2D eigenvalue weighted by Crippen LogP contribution is -2.00. The fourth-order valence-corrected chi connectivity index (χ4v) is 2.60. The summed E-state index contributed by atoms with van der Waals surface area (Å²) in [4.78, 5) is 0. The lowest BCUT2D eigenvalue weighted by molar-refractivity contribution is 0.288. The van der Waals surface area contributed by atoms with Crippen molar-refractivity contribution in [3.8, 4) is 11.5 Å². The van der Waals surface area contributed by atoms with Crippen LogP contribution in [0, 0.1) is 6.92 Å². The van der Waals surface area contributed by atoms with Gasteiger partial charge in [-0.25, -0.2) is 0 Å². The van der Waals surface area contributed by atoms with Crippen molar-refractivity contribution in [2.24, 2.45) is 0 Å². The first kappa shape index (κ1) is 16.8. The summed E-state index contributed by atoms with van der Waals surface area (Å²) in [6.45, 7) is 6.99. The first-order valence-electron chi connectivity index (χ1n) is 8.37. The molecule has 0 atom stereocenters. The predicted octanol–water partition coefficient (Wildman–Crippen LogP) is 5.80. The fourth-order valence-electron chi connectivity index (χ4n) is 2.60. The van der Waals surface area contributed by atoms with Crippen molar-refractivity contribution in [3.05, 3.63) is 102 Å². The number of benzene rings is 3. The van der Waals surface area contributed by atoms with Crippen LogP contribution in [-0.2, 0) is 13.2 Å². The molecule has 25 heavy (non-hydrogen) atoms. The smallest absolute Gasteiger partial charge is 0.127 e. The molecule has 3 rings (SSSR count). The van der Waals surface area contributed by atoms with E-state index in [-0.39, 0.29) is 0 Å². The van der Waals surface area contributed by atoms with Crippen LogP contribution in [0.3, 0.4) is 0 Å². The lowest BCUT2D eigenvalue weighted by Gasteiger charge is -2.15. The van der Waals surface area contributed by atoms with Gasteiger partial charge in [0.1, 0.15) is 24.7 Å². The third-order valence-corrected chi connectivity index (χ3v) is 4.08. The minimum Gasteiger partial charge on any atom is -0.489 e. The number of ether oxygens (including phenoxy) is 2. The molecule has 3 aromatic carbocycles. The lowest BCUT2D eigenvalue weighted by atomic mass is 10.1. The van der Waals surface area contributed by atoms with Gasteiger partial charge in [-0.2, -0.15) is 0 Å². The van der Waals surface area contributed by atoms with Crippen LogP contribution in [0.2, 0.25) is 0 Å². The highest BCUT2D eigenvalue weighted by Gasteiger charge is 2.08. The van der Waals surface area contributed by atoms with Crippen molar-refractivity contribution < 1.29 is 9.47 Å². The normalized spacial score (nSPS) is 10.3. The predicted molar refractivity (Wildman–Crippen MR) is 103 cm³/mol. The summed E-state index contributed by atoms with van der Waals surface area (Å²) < 4.78 is 12.0. The summed E-state index contributed by atoms with van der Waals surface area (Å²) >= 11 is 0. The van der Waals surface area contributed by atoms with Gasteiger partial charge < -0.3 is 9.47 Å². The highest BCUT2D eigenvalue weighted by molar-refractivity contribution is 5.59. The highest BCUT2D eigenvalue weighted by atomic mass is 16.5. The Morgan fingerprint density at radius 2 is 1.36 bits per heavy atom. The monoisotopic (exact) mass is 330 g/mol. The van der Waals surface area contributed by atoms with Crippen molar-refractivity contribution >= 4 is 6.08 Å². The van der Waals surface area contributed by atoms with Crippen LogP contribution in [0.1, 0.15) is 22.3 Å². The van der Waals surface area contributed by atoms with E-state index in [9.17, 15) is 0 Å². The molecule has 0 amide bonds. The van der Waals surface area contributed by atoms with Gasteiger partial charge in [0.15, 0.2) is 0 Å². The van der Waals surface area contributed by atoms with E-state index in [2.05, 4.69) is 30.8 Å². The zero-order valence-electron chi connectivity index (χ0n) is 14.4. The van der Waals surface area contributed by atoms with E-state index >= 15 is 0 Å². The Hall–Kier alpha value is -3.00. The number of rotatable bonds is 7. The maximum absolute atomic E-state index is 6.03. The van der Waals surface area contributed by atoms with Crippen LogP contribution in [0.4, 0.5) is 0 Å². The van der Waals surface area contributed by atoms with Crippen LogP contribution < -0.4 is 9.47 Å². The molecule has 2 nitrogen and oxygen atoms in total. The van der Waals surface area contributed by atoms with Crippen molar-refractivity contribution in [3.63, 3.8) is 0 Å². The first-order chi connectivity index (χ1) is 12.3. The molecule has 0 aliphatic heterocycles. The summed E-state index contributed by atoms with van der Waals surface area (Å²) in [5, 5.41) is 0. The molecular formula is C23H22O2. The minimum absolute atomic E-state index is 0.526. The molecule has 0 saturated heterocycles. The molecule has 0 bridgehead atoms. The summed E-state index contributed by atoms with van der Waals surface area (Å²) in [5.41, 5.74) is 4.36. The summed E-state index contributed by atoms with van der Waals surface area (Å²) in [6.07, 6.45) is 1.83. The molecule has 0 aliphatic rings. The van der Waals surface area contributed by atoms with Crippen LogP contribution in [-0.4, -0.2) is 0 Å². The van der Waals surface area contributed by atoms with Gasteiger partial charge in [-0.15, -0.1) is 0 Å². The second-order valence-corrected chi connectivity index (χ2v) is 5.89. The fraction of sp³-hybridized carbons (Fsp3) is 0.130. The van der Waals surface area contributed by atoms with Gasteiger partial charge in [0.05, 0.1) is 0 Å². The first-order valence-corrected chi connectivity index (χ1v) is 8.37. The Morgan fingerprint density at radius 1 is 0.800 bits per heavy atom. The van der Waals surface area contributed by atoms with Crippen LogP contribution >= 0.6 is 0 Å². The minimum atomic E-state index is 0.526. The Kier molecular flexibility index (Phi) is 5.53. The summed E-state index contributed by atoms with van der Waals surface area (Å²) in [5.74, 6) is 1.61. The van der Waals surface area contributed by atoms with E-state index in [1.54, 1.807) is 0 Å². The molecular weight excluding hydrogens is 308 g/mol. The van der Waals surface area contributed by atoms with Gasteiger partial charge in [0.2, 0.25) is 0 Å². The molecule has 0 spiro atoms. The van der Waals surface area contributed by atoms with Crippen LogP contribution in [0.25, 0.3) is 6.08 Å². The Bertz CT molecular complexity index is 823. The van der Waals surface area contributed by atoms with E-state index < -0.39 is 0 Å². The van der Waals surface area contributed by atoms with Crippen molar-refractivity contribution in [1.82, 2.24) is 0 Å². The Morgan fingerprint density at radius 3 is 1.92 bits per heavy atom. The molecule has 0 aliphatic carbocycles. The maximum Gasteiger partial charge on any atom is 0.127 e. The average molecular weight is 330 g/mol. The quantitative estimate of drug-likeness (QED) is 0.545. The molecule has 2 heteroatoms. The molecule has 0 aromatic heterocycles. The van der Waals surface area contributed by atoms with E-state index in [0.717, 1.165) is 33.8 Å². The highest BCUT2D eigenvalue weighted by Crippen LogP contribution is 2.30. The zero-order valence-corrected chi connectivity index (χ0v) is 14.4. The molecule has 3 aromatic rings. The van der Waals surface area contributed by atoms with E-state index in [1.165, 1.54) is 0 Å². The largest absolute Gasteiger partial charge is 0.489 e. The van der Waals surface area contributed by atoms with Gasteiger partial charge in [-0.1, -0.05) is 73.3 Å². The number of hydrogen-bond acceptors (Lipinski definition) is 2. The Labute approximate surface area is 149 Å². The Balaban J connectivity index is 1.76. The number of hydrogen-bond donors (Lipinski definition) is 0. The SMILES string of the molecule is C=Cc1cc(OCc2ccccc2)cc(OCc2ccccc2)c1C. The van der Waals surface area contributed by atoms with E-state index in [1.807, 2.05) is 61.5 Å².